The van der Waals surface area contributed by atoms with Gasteiger partial charge in [-0.15, -0.1) is 0 Å². The molecule has 2 aromatic carbocycles. The van der Waals surface area contributed by atoms with Crippen LogP contribution in [0.1, 0.15) is 94.0 Å². The maximum absolute atomic E-state index is 13.9. The molecule has 33 heavy (non-hydrogen) atoms. The first-order valence-corrected chi connectivity index (χ1v) is 11.8. The minimum atomic E-state index is -4.59. The number of benzene rings is 2. The number of ether oxygens (including phenoxy) is 2. The molecular formula is C26H31F3O4. The third-order valence-electron chi connectivity index (χ3n) is 7.15. The molecule has 7 heteroatoms. The van der Waals surface area contributed by atoms with E-state index in [-0.39, 0.29) is 27.8 Å². The molecule has 4 nitrogen and oxygen atoms in total. The summed E-state index contributed by atoms with van der Waals surface area (Å²) >= 11 is 0. The molecule has 2 aromatic rings. The van der Waals surface area contributed by atoms with Crippen molar-refractivity contribution in [2.75, 3.05) is 0 Å². The van der Waals surface area contributed by atoms with E-state index in [4.69, 9.17) is 9.47 Å². The molecule has 0 amide bonds. The molecule has 0 saturated heterocycles. The van der Waals surface area contributed by atoms with Crippen LogP contribution in [-0.4, -0.2) is 22.3 Å². The van der Waals surface area contributed by atoms with E-state index in [1.807, 2.05) is 13.8 Å². The van der Waals surface area contributed by atoms with E-state index >= 15 is 0 Å². The lowest BCUT2D eigenvalue weighted by atomic mass is 9.85. The van der Waals surface area contributed by atoms with Crippen LogP contribution in [0.2, 0.25) is 0 Å². The third-order valence-corrected chi connectivity index (χ3v) is 7.15. The smallest absolute Gasteiger partial charge is 0.417 e. The Bertz CT molecular complexity index is 1030. The van der Waals surface area contributed by atoms with Crippen LogP contribution < -0.4 is 9.47 Å². The van der Waals surface area contributed by atoms with Crippen LogP contribution >= 0.6 is 0 Å². The van der Waals surface area contributed by atoms with Gasteiger partial charge in [-0.05, 0) is 77.3 Å². The van der Waals surface area contributed by atoms with Gasteiger partial charge in [0.05, 0.1) is 5.56 Å². The zero-order valence-electron chi connectivity index (χ0n) is 19.2. The summed E-state index contributed by atoms with van der Waals surface area (Å²) < 4.78 is 54.3. The van der Waals surface area contributed by atoms with Gasteiger partial charge in [0.1, 0.15) is 28.3 Å². The molecule has 2 aliphatic rings. The predicted octanol–water partition coefficient (Wildman–Crippen LogP) is 7.76. The molecule has 0 heterocycles. The van der Waals surface area contributed by atoms with Gasteiger partial charge in [0.15, 0.2) is 0 Å². The molecule has 0 aromatic heterocycles. The highest BCUT2D eigenvalue weighted by Gasteiger charge is 2.38. The molecular weight excluding hydrogens is 433 g/mol. The topological polar surface area (TPSA) is 55.8 Å². The third kappa shape index (κ3) is 4.92. The highest BCUT2D eigenvalue weighted by molar-refractivity contribution is 6.04. The summed E-state index contributed by atoms with van der Waals surface area (Å²) in [7, 11) is 0. The Morgan fingerprint density at radius 3 is 1.94 bits per heavy atom. The zero-order valence-corrected chi connectivity index (χ0v) is 19.2. The lowest BCUT2D eigenvalue weighted by molar-refractivity contribution is -0.136. The quantitative estimate of drug-likeness (QED) is 0.491. The van der Waals surface area contributed by atoms with Gasteiger partial charge >= 0.3 is 12.1 Å². The molecule has 0 spiro atoms. The van der Waals surface area contributed by atoms with Crippen molar-refractivity contribution in [1.29, 1.82) is 0 Å². The van der Waals surface area contributed by atoms with E-state index in [9.17, 15) is 23.1 Å². The van der Waals surface area contributed by atoms with Crippen LogP contribution in [0, 0.1) is 0 Å². The van der Waals surface area contributed by atoms with Gasteiger partial charge in [-0.3, -0.25) is 0 Å². The van der Waals surface area contributed by atoms with Crippen molar-refractivity contribution in [3.05, 3.63) is 35.4 Å². The Hall–Kier alpha value is -2.44. The van der Waals surface area contributed by atoms with E-state index in [2.05, 4.69) is 0 Å². The molecule has 180 valence electrons. The summed E-state index contributed by atoms with van der Waals surface area (Å²) in [5.74, 6) is -1.34. The highest BCUT2D eigenvalue weighted by atomic mass is 19.4. The van der Waals surface area contributed by atoms with Crippen molar-refractivity contribution >= 4 is 16.7 Å². The number of carbonyl (C=O) groups is 1. The van der Waals surface area contributed by atoms with E-state index in [0.29, 0.717) is 0 Å². The number of halogens is 3. The lowest BCUT2D eigenvalue weighted by Gasteiger charge is -2.37. The van der Waals surface area contributed by atoms with Crippen molar-refractivity contribution in [2.24, 2.45) is 0 Å². The molecule has 2 aliphatic carbocycles. The van der Waals surface area contributed by atoms with E-state index in [1.54, 1.807) is 0 Å². The Balaban J connectivity index is 1.95. The zero-order chi connectivity index (χ0) is 23.9. The Kier molecular flexibility index (Phi) is 6.27. The van der Waals surface area contributed by atoms with Crippen LogP contribution in [0.4, 0.5) is 13.2 Å². The standard InChI is InChI=1S/C26H31F3O4/c1-24(12-5-3-6-13-24)32-20-16-18-17(10-9-11-19(18)26(27,28)29)22(21(20)23(30)31)33-25(2)14-7-4-8-15-25/h9-11,16H,3-8,12-15H2,1-2H3,(H,30,31). The number of hydrogen-bond donors (Lipinski definition) is 1. The number of rotatable bonds is 5. The average Bonchev–Trinajstić information content (AvgIpc) is 2.73. The molecule has 0 bridgehead atoms. The minimum Gasteiger partial charge on any atom is -0.487 e. The highest BCUT2D eigenvalue weighted by Crippen LogP contribution is 2.47. The van der Waals surface area contributed by atoms with Crippen LogP contribution in [0.15, 0.2) is 24.3 Å². The summed E-state index contributed by atoms with van der Waals surface area (Å²) in [5, 5.41) is 10.2. The number of aromatic carboxylic acids is 1. The van der Waals surface area contributed by atoms with Crippen molar-refractivity contribution in [1.82, 2.24) is 0 Å². The van der Waals surface area contributed by atoms with Crippen molar-refractivity contribution in [3.8, 4) is 11.5 Å². The van der Waals surface area contributed by atoms with Gasteiger partial charge in [0, 0.05) is 10.8 Å². The van der Waals surface area contributed by atoms with Crippen LogP contribution in [0.5, 0.6) is 11.5 Å². The van der Waals surface area contributed by atoms with Crippen molar-refractivity contribution in [2.45, 2.75) is 95.4 Å². The van der Waals surface area contributed by atoms with Gasteiger partial charge in [-0.1, -0.05) is 25.0 Å². The molecule has 0 aliphatic heterocycles. The molecule has 2 fully saturated rings. The first kappa shape index (κ1) is 23.7. The van der Waals surface area contributed by atoms with Gasteiger partial charge in [0.25, 0.3) is 0 Å². The molecule has 0 atom stereocenters. The summed E-state index contributed by atoms with van der Waals surface area (Å²) in [6.45, 7) is 3.81. The number of carboxylic acid groups (broad SMARTS) is 1. The summed E-state index contributed by atoms with van der Waals surface area (Å²) in [5.41, 5.74) is -2.29. The SMILES string of the molecule is CC1(Oc2cc3c(C(F)(F)F)cccc3c(OC3(C)CCCCC3)c2C(=O)O)CCCCC1. The second-order valence-electron chi connectivity index (χ2n) is 10.0. The lowest BCUT2D eigenvalue weighted by Crippen LogP contribution is -2.36. The van der Waals surface area contributed by atoms with Crippen molar-refractivity contribution in [3.63, 3.8) is 0 Å². The van der Waals surface area contributed by atoms with Crippen molar-refractivity contribution < 1.29 is 32.5 Å². The largest absolute Gasteiger partial charge is 0.487 e. The number of fused-ring (bicyclic) bond motifs is 1. The maximum atomic E-state index is 13.9. The van der Waals surface area contributed by atoms with Gasteiger partial charge in [-0.25, -0.2) is 4.79 Å². The number of alkyl halides is 3. The number of carboxylic acids is 1. The van der Waals surface area contributed by atoms with E-state index in [0.717, 1.165) is 70.3 Å². The fraction of sp³-hybridized carbons (Fsp3) is 0.577. The first-order valence-electron chi connectivity index (χ1n) is 11.8. The predicted molar refractivity (Wildman–Crippen MR) is 120 cm³/mol. The minimum absolute atomic E-state index is 0.0232. The van der Waals surface area contributed by atoms with Gasteiger partial charge < -0.3 is 14.6 Å². The van der Waals surface area contributed by atoms with Crippen LogP contribution in [0.3, 0.4) is 0 Å². The van der Waals surface area contributed by atoms with E-state index < -0.39 is 28.9 Å². The Labute approximate surface area is 192 Å². The Morgan fingerprint density at radius 1 is 0.879 bits per heavy atom. The fourth-order valence-corrected chi connectivity index (χ4v) is 5.32. The second-order valence-corrected chi connectivity index (χ2v) is 10.0. The van der Waals surface area contributed by atoms with Gasteiger partial charge in [0.2, 0.25) is 0 Å². The maximum Gasteiger partial charge on any atom is 0.417 e. The van der Waals surface area contributed by atoms with E-state index in [1.165, 1.54) is 18.2 Å². The Morgan fingerprint density at radius 2 is 1.42 bits per heavy atom. The number of hydrogen-bond acceptors (Lipinski definition) is 3. The monoisotopic (exact) mass is 464 g/mol. The molecule has 0 radical (unpaired) electrons. The van der Waals surface area contributed by atoms with Crippen LogP contribution in [-0.2, 0) is 6.18 Å². The summed E-state index contributed by atoms with van der Waals surface area (Å²) in [6, 6.07) is 5.07. The summed E-state index contributed by atoms with van der Waals surface area (Å²) in [6.07, 6.45) is 4.13. The normalized spacial score (nSPS) is 20.4. The van der Waals surface area contributed by atoms with Gasteiger partial charge in [-0.2, -0.15) is 13.2 Å². The van der Waals surface area contributed by atoms with Crippen LogP contribution in [0.25, 0.3) is 10.8 Å². The summed E-state index contributed by atoms with van der Waals surface area (Å²) in [4.78, 5) is 12.5. The first-order chi connectivity index (χ1) is 15.5. The second kappa shape index (κ2) is 8.73. The molecule has 1 N–H and O–H groups in total. The molecule has 4 rings (SSSR count). The molecule has 0 unspecified atom stereocenters. The average molecular weight is 465 g/mol. The molecule has 2 saturated carbocycles. The fourth-order valence-electron chi connectivity index (χ4n) is 5.32.